The summed E-state index contributed by atoms with van der Waals surface area (Å²) in [6, 6.07) is 15.8. The Labute approximate surface area is 154 Å². The first-order chi connectivity index (χ1) is 12.7. The molecule has 0 amide bonds. The summed E-state index contributed by atoms with van der Waals surface area (Å²) in [5.41, 5.74) is 9.45. The Hall–Kier alpha value is -2.53. The molecule has 0 spiro atoms. The molecule has 1 heterocycles. The fraction of sp³-hybridized carbons (Fsp3) is 0.381. The molecule has 0 fully saturated rings. The van der Waals surface area contributed by atoms with Crippen LogP contribution in [0.3, 0.4) is 0 Å². The van der Waals surface area contributed by atoms with Crippen molar-refractivity contribution in [3.8, 4) is 5.75 Å². The van der Waals surface area contributed by atoms with Crippen LogP contribution in [0, 0.1) is 0 Å². The maximum Gasteiger partial charge on any atom is 0.356 e. The highest BCUT2D eigenvalue weighted by molar-refractivity contribution is 5.73. The predicted octanol–water partition coefficient (Wildman–Crippen LogP) is 3.44. The monoisotopic (exact) mass is 354 g/mol. The van der Waals surface area contributed by atoms with Gasteiger partial charge in [0.2, 0.25) is 0 Å². The van der Waals surface area contributed by atoms with Crippen molar-refractivity contribution in [1.82, 2.24) is 4.57 Å². The summed E-state index contributed by atoms with van der Waals surface area (Å²) in [5.74, 6) is 1.50. The average molecular weight is 354 g/mol. The minimum absolute atomic E-state index is 0.416. The number of hydrogen-bond donors (Lipinski definition) is 2. The third-order valence-corrected chi connectivity index (χ3v) is 4.68. The molecule has 3 N–H and O–H groups in total. The quantitative estimate of drug-likeness (QED) is 0.609. The molecule has 3 aromatic rings. The Kier molecular flexibility index (Phi) is 5.78. The molecular formula is C21H28N3O2+. The van der Waals surface area contributed by atoms with Crippen LogP contribution in [-0.2, 0) is 13.1 Å². The lowest BCUT2D eigenvalue weighted by Gasteiger charge is -2.11. The Balaban J connectivity index is 1.89. The highest BCUT2D eigenvalue weighted by Crippen LogP contribution is 2.21. The number of rotatable bonds is 8. The Bertz CT molecular complexity index is 856. The molecule has 138 valence electrons. The maximum atomic E-state index is 10.7. The topological polar surface area (TPSA) is 64.3 Å². The summed E-state index contributed by atoms with van der Waals surface area (Å²) in [6.45, 7) is 6.06. The number of benzene rings is 2. The number of nitrogen functional groups attached to an aromatic ring is 1. The van der Waals surface area contributed by atoms with Crippen LogP contribution in [0.1, 0.15) is 38.4 Å². The molecule has 3 rings (SSSR count). The third kappa shape index (κ3) is 3.68. The fourth-order valence-electron chi connectivity index (χ4n) is 3.29. The molecule has 0 radical (unpaired) electrons. The van der Waals surface area contributed by atoms with Gasteiger partial charge >= 0.3 is 5.95 Å². The number of hydrogen-bond acceptors (Lipinski definition) is 3. The van der Waals surface area contributed by atoms with Crippen LogP contribution in [0.15, 0.2) is 48.5 Å². The van der Waals surface area contributed by atoms with Crippen molar-refractivity contribution in [2.75, 3.05) is 12.3 Å². The van der Waals surface area contributed by atoms with Crippen molar-refractivity contribution < 1.29 is 14.4 Å². The lowest BCUT2D eigenvalue weighted by Crippen LogP contribution is -2.39. The summed E-state index contributed by atoms with van der Waals surface area (Å²) in [5, 5.41) is 10.7. The first kappa shape index (κ1) is 18.3. The Morgan fingerprint density at radius 2 is 1.85 bits per heavy atom. The van der Waals surface area contributed by atoms with Crippen LogP contribution in [0.2, 0.25) is 0 Å². The van der Waals surface area contributed by atoms with Gasteiger partial charge in [-0.05, 0) is 43.2 Å². The van der Waals surface area contributed by atoms with E-state index in [1.807, 2.05) is 47.9 Å². The zero-order chi connectivity index (χ0) is 18.5. The van der Waals surface area contributed by atoms with Crippen molar-refractivity contribution in [2.24, 2.45) is 0 Å². The molecule has 0 unspecified atom stereocenters. The highest BCUT2D eigenvalue weighted by atomic mass is 16.5. The SMILES string of the molecule is CCCCn1c(N)[n+](C[C@H](O)c2ccc(OCC)cc2)c2ccccc21. The van der Waals surface area contributed by atoms with Crippen LogP contribution in [0.5, 0.6) is 5.75 Å². The van der Waals surface area contributed by atoms with E-state index < -0.39 is 6.10 Å². The number of ether oxygens (including phenoxy) is 1. The lowest BCUT2D eigenvalue weighted by atomic mass is 10.1. The maximum absolute atomic E-state index is 10.7. The molecule has 0 bridgehead atoms. The van der Waals surface area contributed by atoms with Crippen molar-refractivity contribution in [3.63, 3.8) is 0 Å². The number of unbranched alkanes of at least 4 members (excludes halogenated alkanes) is 1. The number of aromatic nitrogens is 2. The molecule has 5 heteroatoms. The van der Waals surface area contributed by atoms with Crippen molar-refractivity contribution in [1.29, 1.82) is 0 Å². The van der Waals surface area contributed by atoms with Crippen LogP contribution < -0.4 is 15.0 Å². The first-order valence-electron chi connectivity index (χ1n) is 9.33. The number of anilines is 1. The summed E-state index contributed by atoms with van der Waals surface area (Å²) >= 11 is 0. The van der Waals surface area contributed by atoms with Crippen molar-refractivity contribution in [3.05, 3.63) is 54.1 Å². The predicted molar refractivity (Wildman–Crippen MR) is 104 cm³/mol. The molecule has 0 aliphatic rings. The van der Waals surface area contributed by atoms with Crippen molar-refractivity contribution in [2.45, 2.75) is 45.9 Å². The van der Waals surface area contributed by atoms with E-state index in [1.165, 1.54) is 0 Å². The molecule has 0 aliphatic carbocycles. The number of aliphatic hydroxyl groups is 1. The third-order valence-electron chi connectivity index (χ3n) is 4.68. The molecule has 5 nitrogen and oxygen atoms in total. The van der Waals surface area contributed by atoms with Gasteiger partial charge in [-0.3, -0.25) is 5.73 Å². The van der Waals surface area contributed by atoms with E-state index in [-0.39, 0.29) is 0 Å². The van der Waals surface area contributed by atoms with Gasteiger partial charge in [-0.1, -0.05) is 37.6 Å². The Morgan fingerprint density at radius 3 is 2.54 bits per heavy atom. The molecular weight excluding hydrogens is 326 g/mol. The van der Waals surface area contributed by atoms with Gasteiger partial charge in [-0.15, -0.1) is 0 Å². The van der Waals surface area contributed by atoms with E-state index in [1.54, 1.807) is 0 Å². The van der Waals surface area contributed by atoms with E-state index in [0.717, 1.165) is 41.7 Å². The normalized spacial score (nSPS) is 12.4. The molecule has 1 aromatic heterocycles. The van der Waals surface area contributed by atoms with Crippen LogP contribution in [0.25, 0.3) is 11.0 Å². The van der Waals surface area contributed by atoms with E-state index >= 15 is 0 Å². The number of para-hydroxylation sites is 2. The van der Waals surface area contributed by atoms with Crippen molar-refractivity contribution >= 4 is 17.0 Å². The molecule has 1 atom stereocenters. The van der Waals surface area contributed by atoms with Gasteiger partial charge in [-0.25, -0.2) is 9.13 Å². The summed E-state index contributed by atoms with van der Waals surface area (Å²) in [6.07, 6.45) is 1.55. The van der Waals surface area contributed by atoms with Crippen LogP contribution in [0.4, 0.5) is 5.95 Å². The zero-order valence-electron chi connectivity index (χ0n) is 15.6. The van der Waals surface area contributed by atoms with Gasteiger partial charge in [0.15, 0.2) is 0 Å². The highest BCUT2D eigenvalue weighted by Gasteiger charge is 2.23. The number of nitrogens with zero attached hydrogens (tertiary/aromatic N) is 2. The van der Waals surface area contributed by atoms with E-state index in [4.69, 9.17) is 10.5 Å². The molecule has 26 heavy (non-hydrogen) atoms. The lowest BCUT2D eigenvalue weighted by molar-refractivity contribution is -0.666. The minimum Gasteiger partial charge on any atom is -0.494 e. The first-order valence-corrected chi connectivity index (χ1v) is 9.33. The second-order valence-corrected chi connectivity index (χ2v) is 6.48. The van der Waals surface area contributed by atoms with Gasteiger partial charge < -0.3 is 9.84 Å². The van der Waals surface area contributed by atoms with Crippen LogP contribution in [-0.4, -0.2) is 16.3 Å². The standard InChI is InChI=1S/C21H27N3O2/c1-3-5-14-23-18-8-6-7-9-19(18)24(21(23)22)15-20(25)16-10-12-17(13-11-16)26-4-2/h6-13,20,22,25H,3-5,14-15H2,1-2H3/p+1/t20-/m0/s1. The number of imidazole rings is 1. The van der Waals surface area contributed by atoms with Gasteiger partial charge in [0.25, 0.3) is 0 Å². The summed E-state index contributed by atoms with van der Waals surface area (Å²) in [4.78, 5) is 0. The number of aryl methyl sites for hydroxylation is 1. The second kappa shape index (κ2) is 8.23. The number of fused-ring (bicyclic) bond motifs is 1. The fourth-order valence-corrected chi connectivity index (χ4v) is 3.29. The van der Waals surface area contributed by atoms with E-state index in [2.05, 4.69) is 23.6 Å². The largest absolute Gasteiger partial charge is 0.494 e. The van der Waals surface area contributed by atoms with E-state index in [9.17, 15) is 5.11 Å². The molecule has 0 aliphatic heterocycles. The Morgan fingerprint density at radius 1 is 1.12 bits per heavy atom. The van der Waals surface area contributed by atoms with Gasteiger partial charge in [-0.2, -0.15) is 0 Å². The number of aliphatic hydroxyl groups excluding tert-OH is 1. The molecule has 2 aromatic carbocycles. The second-order valence-electron chi connectivity index (χ2n) is 6.48. The van der Waals surface area contributed by atoms with E-state index in [0.29, 0.717) is 19.1 Å². The van der Waals surface area contributed by atoms with Gasteiger partial charge in [0.1, 0.15) is 29.4 Å². The zero-order valence-corrected chi connectivity index (χ0v) is 15.6. The molecule has 0 saturated carbocycles. The van der Waals surface area contributed by atoms with Crippen LogP contribution >= 0.6 is 0 Å². The van der Waals surface area contributed by atoms with Gasteiger partial charge in [0, 0.05) is 0 Å². The smallest absolute Gasteiger partial charge is 0.356 e. The van der Waals surface area contributed by atoms with Gasteiger partial charge in [0.05, 0.1) is 13.2 Å². The summed E-state index contributed by atoms with van der Waals surface area (Å²) < 4.78 is 9.61. The summed E-state index contributed by atoms with van der Waals surface area (Å²) in [7, 11) is 0. The molecule has 0 saturated heterocycles. The average Bonchev–Trinajstić information content (AvgIpc) is 2.92. The minimum atomic E-state index is -0.636. The number of nitrogens with two attached hydrogens (primary N) is 1.